The van der Waals surface area contributed by atoms with E-state index in [2.05, 4.69) is 59.7 Å². The van der Waals surface area contributed by atoms with Gasteiger partial charge in [0.1, 0.15) is 0 Å². The molecule has 1 aromatic rings. The van der Waals surface area contributed by atoms with E-state index < -0.39 is 0 Å². The van der Waals surface area contributed by atoms with Gasteiger partial charge in [-0.2, -0.15) is 0 Å². The number of amides is 1. The molecule has 1 saturated carbocycles. The highest BCUT2D eigenvalue weighted by Gasteiger charge is 2.35. The largest absolute Gasteiger partial charge is 0.339 e. The van der Waals surface area contributed by atoms with E-state index >= 15 is 0 Å². The van der Waals surface area contributed by atoms with E-state index in [-0.39, 0.29) is 0 Å². The highest BCUT2D eigenvalue weighted by molar-refractivity contribution is 5.79. The molecule has 3 fully saturated rings. The summed E-state index contributed by atoms with van der Waals surface area (Å²) >= 11 is 0. The van der Waals surface area contributed by atoms with Gasteiger partial charge in [0.15, 0.2) is 0 Å². The van der Waals surface area contributed by atoms with Crippen LogP contribution < -0.4 is 0 Å². The smallest absolute Gasteiger partial charge is 0.223 e. The number of piperazine rings is 1. The van der Waals surface area contributed by atoms with Gasteiger partial charge in [-0.3, -0.25) is 9.69 Å². The number of likely N-dealkylation sites (tertiary alicyclic amines) is 1. The molecule has 1 aromatic carbocycles. The summed E-state index contributed by atoms with van der Waals surface area (Å²) < 4.78 is 0. The summed E-state index contributed by atoms with van der Waals surface area (Å²) in [7, 11) is 4.44. The van der Waals surface area contributed by atoms with Crippen molar-refractivity contribution in [3.63, 3.8) is 0 Å². The molecular weight excluding hydrogens is 384 g/mol. The third-order valence-corrected chi connectivity index (χ3v) is 7.77. The van der Waals surface area contributed by atoms with Crippen LogP contribution in [0.5, 0.6) is 0 Å². The van der Waals surface area contributed by atoms with Crippen molar-refractivity contribution in [2.24, 2.45) is 5.92 Å². The van der Waals surface area contributed by atoms with E-state index in [1.807, 2.05) is 0 Å². The summed E-state index contributed by atoms with van der Waals surface area (Å²) in [4.78, 5) is 22.2. The molecule has 0 N–H and O–H groups in total. The van der Waals surface area contributed by atoms with E-state index in [1.54, 1.807) is 0 Å². The number of carbonyl (C=O) groups excluding carboxylic acids is 1. The average Bonchev–Trinajstić information content (AvgIpc) is 3.36. The van der Waals surface area contributed by atoms with Gasteiger partial charge >= 0.3 is 0 Å². The molecule has 5 nitrogen and oxygen atoms in total. The van der Waals surface area contributed by atoms with E-state index in [0.29, 0.717) is 17.9 Å². The molecule has 1 unspecified atom stereocenters. The second kappa shape index (κ2) is 10.0. The Morgan fingerprint density at radius 1 is 1.03 bits per heavy atom. The van der Waals surface area contributed by atoms with Crippen LogP contribution in [0.4, 0.5) is 0 Å². The monoisotopic (exact) mass is 426 g/mol. The zero-order chi connectivity index (χ0) is 22.0. The average molecular weight is 427 g/mol. The van der Waals surface area contributed by atoms with Crippen LogP contribution in [0, 0.1) is 19.8 Å². The lowest BCUT2D eigenvalue weighted by atomic mass is 9.97. The van der Waals surface area contributed by atoms with E-state index in [9.17, 15) is 4.79 Å². The van der Waals surface area contributed by atoms with E-state index in [4.69, 9.17) is 0 Å². The predicted octanol–water partition coefficient (Wildman–Crippen LogP) is 3.27. The van der Waals surface area contributed by atoms with Crippen LogP contribution >= 0.6 is 0 Å². The van der Waals surface area contributed by atoms with Crippen LogP contribution in [-0.4, -0.2) is 84.9 Å². The predicted molar refractivity (Wildman–Crippen MR) is 127 cm³/mol. The van der Waals surface area contributed by atoms with E-state index in [0.717, 1.165) is 45.7 Å². The second-order valence-corrected chi connectivity index (χ2v) is 10.5. The quantitative estimate of drug-likeness (QED) is 0.669. The van der Waals surface area contributed by atoms with Crippen molar-refractivity contribution in [2.75, 3.05) is 53.4 Å². The Bertz CT molecular complexity index is 765. The SMILES string of the molecule is Cc1cc(CN(C)CC2CC(=O)N(C3CCCC3)C2)c(C)c(CN2CCN(C)CC2)c1. The number of rotatable bonds is 7. The van der Waals surface area contributed by atoms with Crippen LogP contribution in [0.15, 0.2) is 12.1 Å². The van der Waals surface area contributed by atoms with Crippen LogP contribution in [0.2, 0.25) is 0 Å². The fourth-order valence-electron chi connectivity index (χ4n) is 5.89. The maximum Gasteiger partial charge on any atom is 0.223 e. The number of aryl methyl sites for hydroxylation is 1. The molecule has 0 spiro atoms. The first kappa shape index (κ1) is 22.8. The van der Waals surface area contributed by atoms with Gasteiger partial charge in [0.05, 0.1) is 0 Å². The minimum Gasteiger partial charge on any atom is -0.339 e. The maximum atomic E-state index is 12.6. The lowest BCUT2D eigenvalue weighted by Gasteiger charge is -2.33. The van der Waals surface area contributed by atoms with Gasteiger partial charge in [0.25, 0.3) is 0 Å². The highest BCUT2D eigenvalue weighted by Crippen LogP contribution is 2.30. The summed E-state index contributed by atoms with van der Waals surface area (Å²) in [6.45, 7) is 13.2. The number of hydrogen-bond acceptors (Lipinski definition) is 4. The van der Waals surface area contributed by atoms with Crippen molar-refractivity contribution >= 4 is 5.91 Å². The fourth-order valence-corrected chi connectivity index (χ4v) is 5.89. The topological polar surface area (TPSA) is 30.0 Å². The molecule has 2 heterocycles. The minimum absolute atomic E-state index is 0.395. The lowest BCUT2D eigenvalue weighted by Crippen LogP contribution is -2.44. The molecule has 0 bridgehead atoms. The summed E-state index contributed by atoms with van der Waals surface area (Å²) in [5.41, 5.74) is 5.74. The van der Waals surface area contributed by atoms with Crippen LogP contribution in [0.1, 0.15) is 54.4 Å². The summed E-state index contributed by atoms with van der Waals surface area (Å²) in [6, 6.07) is 5.27. The Morgan fingerprint density at radius 2 is 1.71 bits per heavy atom. The Hall–Kier alpha value is -1.43. The lowest BCUT2D eigenvalue weighted by molar-refractivity contribution is -0.129. The summed E-state index contributed by atoms with van der Waals surface area (Å²) in [6.07, 6.45) is 5.76. The molecule has 4 rings (SSSR count). The highest BCUT2D eigenvalue weighted by atomic mass is 16.2. The molecule has 1 atom stereocenters. The molecule has 31 heavy (non-hydrogen) atoms. The van der Waals surface area contributed by atoms with Crippen molar-refractivity contribution < 1.29 is 4.79 Å². The van der Waals surface area contributed by atoms with Gasteiger partial charge in [-0.05, 0) is 63.4 Å². The molecule has 1 amide bonds. The van der Waals surface area contributed by atoms with Crippen LogP contribution in [0.3, 0.4) is 0 Å². The van der Waals surface area contributed by atoms with E-state index in [1.165, 1.54) is 61.0 Å². The van der Waals surface area contributed by atoms with Gasteiger partial charge in [-0.15, -0.1) is 0 Å². The van der Waals surface area contributed by atoms with Crippen molar-refractivity contribution in [1.82, 2.24) is 19.6 Å². The fraction of sp³-hybridized carbons (Fsp3) is 0.731. The zero-order valence-corrected chi connectivity index (χ0v) is 20.2. The number of likely N-dealkylation sites (N-methyl/N-ethyl adjacent to an activating group) is 1. The zero-order valence-electron chi connectivity index (χ0n) is 20.2. The van der Waals surface area contributed by atoms with Crippen molar-refractivity contribution in [1.29, 1.82) is 0 Å². The Morgan fingerprint density at radius 3 is 2.42 bits per heavy atom. The number of hydrogen-bond donors (Lipinski definition) is 0. The van der Waals surface area contributed by atoms with Gasteiger partial charge < -0.3 is 14.7 Å². The molecule has 2 saturated heterocycles. The second-order valence-electron chi connectivity index (χ2n) is 10.5. The number of nitrogens with zero attached hydrogens (tertiary/aromatic N) is 4. The Labute approximate surface area is 189 Å². The molecule has 0 radical (unpaired) electrons. The first-order valence-electron chi connectivity index (χ1n) is 12.4. The molecule has 3 aliphatic rings. The third-order valence-electron chi connectivity index (χ3n) is 7.77. The Kier molecular flexibility index (Phi) is 7.35. The van der Waals surface area contributed by atoms with Gasteiger partial charge in [0.2, 0.25) is 5.91 Å². The first-order valence-corrected chi connectivity index (χ1v) is 12.4. The summed E-state index contributed by atoms with van der Waals surface area (Å²) in [5.74, 6) is 0.875. The van der Waals surface area contributed by atoms with Crippen molar-refractivity contribution in [2.45, 2.75) is 65.1 Å². The first-order chi connectivity index (χ1) is 14.9. The third kappa shape index (κ3) is 5.68. The summed E-state index contributed by atoms with van der Waals surface area (Å²) in [5, 5.41) is 0. The number of benzene rings is 1. The normalized spacial score (nSPS) is 24.1. The maximum absolute atomic E-state index is 12.6. The molecule has 1 aliphatic carbocycles. The number of carbonyl (C=O) groups is 1. The van der Waals surface area contributed by atoms with Gasteiger partial charge in [-0.25, -0.2) is 0 Å². The molecule has 2 aliphatic heterocycles. The van der Waals surface area contributed by atoms with Crippen LogP contribution in [-0.2, 0) is 17.9 Å². The van der Waals surface area contributed by atoms with Crippen molar-refractivity contribution in [3.8, 4) is 0 Å². The molecule has 0 aromatic heterocycles. The molecule has 172 valence electrons. The molecular formula is C26H42N4O. The van der Waals surface area contributed by atoms with Crippen LogP contribution in [0.25, 0.3) is 0 Å². The Balaban J connectivity index is 1.35. The van der Waals surface area contributed by atoms with Gasteiger partial charge in [-0.1, -0.05) is 30.5 Å². The van der Waals surface area contributed by atoms with Crippen molar-refractivity contribution in [3.05, 3.63) is 34.4 Å². The minimum atomic E-state index is 0.395. The standard InChI is InChI=1S/C26H42N4O/c1-20-13-23(21(2)24(14-20)19-29-11-9-27(3)10-12-29)18-28(4)16-22-15-26(31)30(17-22)25-7-5-6-8-25/h13-14,22,25H,5-12,15-19H2,1-4H3. The van der Waals surface area contributed by atoms with Gasteiger partial charge in [0, 0.05) is 64.8 Å². The molecule has 5 heteroatoms.